The fourth-order valence-corrected chi connectivity index (χ4v) is 4.01. The van der Waals surface area contributed by atoms with Gasteiger partial charge in [-0.05, 0) is 48.6 Å². The van der Waals surface area contributed by atoms with Gasteiger partial charge in [0, 0.05) is 12.6 Å². The molecular weight excluding hydrogens is 296 g/mol. The normalized spacial score (nSPS) is 30.8. The molecule has 3 nitrogen and oxygen atoms in total. The molecule has 2 aliphatic rings. The molecule has 0 saturated heterocycles. The van der Waals surface area contributed by atoms with E-state index in [4.69, 9.17) is 0 Å². The van der Waals surface area contributed by atoms with E-state index in [9.17, 15) is 4.79 Å². The van der Waals surface area contributed by atoms with E-state index in [1.54, 1.807) is 0 Å². The first-order valence-electron chi connectivity index (χ1n) is 8.22. The van der Waals surface area contributed by atoms with E-state index in [-0.39, 0.29) is 24.4 Å². The van der Waals surface area contributed by atoms with Gasteiger partial charge in [0.2, 0.25) is 5.91 Å². The molecule has 1 fully saturated rings. The standard InChI is InChI=1S/C18H26N2O.ClH/c1-12-7-13(2)9-16(8-12)20-18(21)17-10-14-5-3-4-6-15(14)11-19-17;/h3-6,12-13,16-17,19H,7-11H2,1-2H3,(H,20,21);1H. The Bertz CT molecular complexity index is 510. The highest BCUT2D eigenvalue weighted by Gasteiger charge is 2.29. The van der Waals surface area contributed by atoms with E-state index < -0.39 is 0 Å². The molecule has 1 heterocycles. The van der Waals surface area contributed by atoms with Crippen molar-refractivity contribution >= 4 is 18.3 Å². The molecule has 0 bridgehead atoms. The van der Waals surface area contributed by atoms with Crippen molar-refractivity contribution in [3.63, 3.8) is 0 Å². The van der Waals surface area contributed by atoms with Gasteiger partial charge in [0.15, 0.2) is 0 Å². The molecule has 1 aromatic rings. The van der Waals surface area contributed by atoms with Crippen LogP contribution in [0.25, 0.3) is 0 Å². The van der Waals surface area contributed by atoms with Crippen molar-refractivity contribution in [2.24, 2.45) is 11.8 Å². The van der Waals surface area contributed by atoms with E-state index in [1.165, 1.54) is 17.5 Å². The summed E-state index contributed by atoms with van der Waals surface area (Å²) in [5, 5.41) is 6.65. The van der Waals surface area contributed by atoms with E-state index in [0.717, 1.165) is 37.6 Å². The lowest BCUT2D eigenvalue weighted by Gasteiger charge is -2.34. The summed E-state index contributed by atoms with van der Waals surface area (Å²) < 4.78 is 0. The molecular formula is C18H27ClN2O. The van der Waals surface area contributed by atoms with Crippen molar-refractivity contribution in [3.8, 4) is 0 Å². The van der Waals surface area contributed by atoms with Crippen LogP contribution in [0.5, 0.6) is 0 Å². The lowest BCUT2D eigenvalue weighted by Crippen LogP contribution is -2.51. The largest absolute Gasteiger partial charge is 0.352 e. The van der Waals surface area contributed by atoms with Crippen LogP contribution in [0.4, 0.5) is 0 Å². The third-order valence-electron chi connectivity index (χ3n) is 4.92. The van der Waals surface area contributed by atoms with Crippen molar-refractivity contribution in [2.45, 2.75) is 58.2 Å². The van der Waals surface area contributed by atoms with Crippen LogP contribution in [0.3, 0.4) is 0 Å². The van der Waals surface area contributed by atoms with Crippen molar-refractivity contribution in [1.82, 2.24) is 10.6 Å². The van der Waals surface area contributed by atoms with Crippen LogP contribution in [0.2, 0.25) is 0 Å². The topological polar surface area (TPSA) is 41.1 Å². The van der Waals surface area contributed by atoms with Crippen LogP contribution < -0.4 is 10.6 Å². The van der Waals surface area contributed by atoms with E-state index in [2.05, 4.69) is 48.7 Å². The molecule has 1 aliphatic heterocycles. The fourth-order valence-electron chi connectivity index (χ4n) is 4.01. The van der Waals surface area contributed by atoms with Crippen LogP contribution in [-0.2, 0) is 17.8 Å². The van der Waals surface area contributed by atoms with Gasteiger partial charge in [-0.15, -0.1) is 12.4 Å². The quantitative estimate of drug-likeness (QED) is 0.878. The highest BCUT2D eigenvalue weighted by molar-refractivity contribution is 5.85. The fraction of sp³-hybridized carbons (Fsp3) is 0.611. The maximum Gasteiger partial charge on any atom is 0.237 e. The second kappa shape index (κ2) is 7.47. The number of amides is 1. The number of carbonyl (C=O) groups excluding carboxylic acids is 1. The first-order valence-corrected chi connectivity index (χ1v) is 8.22. The molecule has 0 spiro atoms. The van der Waals surface area contributed by atoms with Gasteiger partial charge >= 0.3 is 0 Å². The lowest BCUT2D eigenvalue weighted by atomic mass is 9.80. The summed E-state index contributed by atoms with van der Waals surface area (Å²) in [6.45, 7) is 5.39. The van der Waals surface area contributed by atoms with Crippen molar-refractivity contribution < 1.29 is 4.79 Å². The summed E-state index contributed by atoms with van der Waals surface area (Å²) in [7, 11) is 0. The Kier molecular flexibility index (Phi) is 5.87. The highest BCUT2D eigenvalue weighted by atomic mass is 35.5. The monoisotopic (exact) mass is 322 g/mol. The van der Waals surface area contributed by atoms with Gasteiger partial charge in [0.05, 0.1) is 6.04 Å². The maximum atomic E-state index is 12.5. The van der Waals surface area contributed by atoms with E-state index in [1.807, 2.05) is 0 Å². The summed E-state index contributed by atoms with van der Waals surface area (Å²) in [5.74, 6) is 1.62. The molecule has 3 unspecified atom stereocenters. The predicted molar refractivity (Wildman–Crippen MR) is 92.1 cm³/mol. The van der Waals surface area contributed by atoms with Crippen LogP contribution >= 0.6 is 12.4 Å². The number of hydrogen-bond acceptors (Lipinski definition) is 2. The molecule has 1 aromatic carbocycles. The highest BCUT2D eigenvalue weighted by Crippen LogP contribution is 2.28. The first kappa shape index (κ1) is 17.3. The Morgan fingerprint density at radius 3 is 2.41 bits per heavy atom. The minimum atomic E-state index is -0.0764. The number of halogens is 1. The number of hydrogen-bond donors (Lipinski definition) is 2. The molecule has 0 radical (unpaired) electrons. The molecule has 122 valence electrons. The zero-order chi connectivity index (χ0) is 14.8. The average molecular weight is 323 g/mol. The molecule has 1 aliphatic carbocycles. The summed E-state index contributed by atoms with van der Waals surface area (Å²) in [6.07, 6.45) is 4.35. The number of benzene rings is 1. The third-order valence-corrected chi connectivity index (χ3v) is 4.92. The second-order valence-corrected chi connectivity index (χ2v) is 7.03. The van der Waals surface area contributed by atoms with Gasteiger partial charge in [-0.2, -0.15) is 0 Å². The predicted octanol–water partition coefficient (Wildman–Crippen LogP) is 3.06. The summed E-state index contributed by atoms with van der Waals surface area (Å²) in [5.41, 5.74) is 2.63. The van der Waals surface area contributed by atoms with Gasteiger partial charge in [-0.3, -0.25) is 4.79 Å². The molecule has 2 N–H and O–H groups in total. The van der Waals surface area contributed by atoms with Gasteiger partial charge in [-0.1, -0.05) is 38.1 Å². The Labute approximate surface area is 139 Å². The number of fused-ring (bicyclic) bond motifs is 1. The Morgan fingerprint density at radius 1 is 1.09 bits per heavy atom. The molecule has 1 saturated carbocycles. The van der Waals surface area contributed by atoms with Crippen LogP contribution in [0.15, 0.2) is 24.3 Å². The van der Waals surface area contributed by atoms with Gasteiger partial charge < -0.3 is 10.6 Å². The van der Waals surface area contributed by atoms with Gasteiger partial charge in [-0.25, -0.2) is 0 Å². The number of rotatable bonds is 2. The summed E-state index contributed by atoms with van der Waals surface area (Å²) in [6, 6.07) is 8.68. The molecule has 22 heavy (non-hydrogen) atoms. The SMILES string of the molecule is CC1CC(C)CC(NC(=O)C2Cc3ccccc3CN2)C1.Cl. The van der Waals surface area contributed by atoms with E-state index in [0.29, 0.717) is 6.04 Å². The zero-order valence-corrected chi connectivity index (χ0v) is 14.3. The smallest absolute Gasteiger partial charge is 0.237 e. The van der Waals surface area contributed by atoms with Crippen LogP contribution in [0, 0.1) is 11.8 Å². The average Bonchev–Trinajstić information content (AvgIpc) is 2.45. The Balaban J connectivity index is 0.00000176. The number of carbonyl (C=O) groups is 1. The van der Waals surface area contributed by atoms with Gasteiger partial charge in [0.25, 0.3) is 0 Å². The van der Waals surface area contributed by atoms with E-state index >= 15 is 0 Å². The molecule has 1 amide bonds. The molecule has 3 rings (SSSR count). The van der Waals surface area contributed by atoms with Crippen LogP contribution in [-0.4, -0.2) is 18.0 Å². The third kappa shape index (κ3) is 4.02. The first-order chi connectivity index (χ1) is 10.1. The lowest BCUT2D eigenvalue weighted by molar-refractivity contribution is -0.124. The minimum Gasteiger partial charge on any atom is -0.352 e. The summed E-state index contributed by atoms with van der Waals surface area (Å²) in [4.78, 5) is 12.5. The molecule has 0 aromatic heterocycles. The Hall–Kier alpha value is -1.06. The van der Waals surface area contributed by atoms with Gasteiger partial charge in [0.1, 0.15) is 0 Å². The second-order valence-electron chi connectivity index (χ2n) is 7.03. The minimum absolute atomic E-state index is 0. The number of nitrogens with one attached hydrogen (secondary N) is 2. The Morgan fingerprint density at radius 2 is 1.73 bits per heavy atom. The maximum absolute atomic E-state index is 12.5. The summed E-state index contributed by atoms with van der Waals surface area (Å²) >= 11 is 0. The van der Waals surface area contributed by atoms with Crippen molar-refractivity contribution in [1.29, 1.82) is 0 Å². The van der Waals surface area contributed by atoms with Crippen LogP contribution in [0.1, 0.15) is 44.2 Å². The molecule has 4 heteroatoms. The molecule has 3 atom stereocenters. The van der Waals surface area contributed by atoms with Crippen molar-refractivity contribution in [2.75, 3.05) is 0 Å². The van der Waals surface area contributed by atoms with Crippen molar-refractivity contribution in [3.05, 3.63) is 35.4 Å². The zero-order valence-electron chi connectivity index (χ0n) is 13.5.